The summed E-state index contributed by atoms with van der Waals surface area (Å²) < 4.78 is 3.27. The van der Waals surface area contributed by atoms with Crippen LogP contribution in [0.5, 0.6) is 0 Å². The molecule has 132 valence electrons. The number of aromatic nitrogens is 3. The Balaban J connectivity index is 1.52. The first kappa shape index (κ1) is 17.2. The van der Waals surface area contributed by atoms with Crippen molar-refractivity contribution in [2.24, 2.45) is 0 Å². The zero-order valence-corrected chi connectivity index (χ0v) is 16.4. The highest BCUT2D eigenvalue weighted by atomic mass is 127. The lowest BCUT2D eigenvalue weighted by Crippen LogP contribution is -2.11. The number of aryl methyl sites for hydroxylation is 1. The quantitative estimate of drug-likeness (QED) is 0.587. The smallest absolute Gasteiger partial charge is 0.255 e. The number of halogens is 1. The Morgan fingerprint density at radius 2 is 1.88 bits per heavy atom. The molecule has 0 spiro atoms. The van der Waals surface area contributed by atoms with E-state index >= 15 is 0 Å². The minimum absolute atomic E-state index is 0.104. The lowest BCUT2D eigenvalue weighted by molar-refractivity contribution is 0.102. The van der Waals surface area contributed by atoms with Crippen LogP contribution >= 0.6 is 22.6 Å². The highest BCUT2D eigenvalue weighted by Gasteiger charge is 2.16. The average Bonchev–Trinajstić information content (AvgIpc) is 2.90. The number of hydrogen-bond acceptors (Lipinski definition) is 3. The highest BCUT2D eigenvalue weighted by molar-refractivity contribution is 14.1. The third-order valence-corrected chi connectivity index (χ3v) is 5.27. The van der Waals surface area contributed by atoms with Gasteiger partial charge in [0, 0.05) is 33.4 Å². The molecular weight excluding hydrogens is 439 g/mol. The maximum Gasteiger partial charge on any atom is 0.255 e. The van der Waals surface area contributed by atoms with Crippen LogP contribution < -0.4 is 5.32 Å². The molecule has 1 aromatic heterocycles. The normalized spacial score (nSPS) is 13.7. The van der Waals surface area contributed by atoms with Gasteiger partial charge in [-0.05, 0) is 77.9 Å². The number of amides is 1. The van der Waals surface area contributed by atoms with Gasteiger partial charge >= 0.3 is 0 Å². The molecule has 4 rings (SSSR count). The number of anilines is 1. The van der Waals surface area contributed by atoms with E-state index in [1.165, 1.54) is 19.3 Å². The van der Waals surface area contributed by atoms with Crippen LogP contribution in [0.4, 0.5) is 5.69 Å². The van der Waals surface area contributed by atoms with E-state index in [1.807, 2.05) is 48.5 Å². The predicted octanol–water partition coefficient (Wildman–Crippen LogP) is 4.53. The van der Waals surface area contributed by atoms with E-state index < -0.39 is 0 Å². The van der Waals surface area contributed by atoms with Gasteiger partial charge in [-0.1, -0.05) is 12.5 Å². The predicted molar refractivity (Wildman–Crippen MR) is 110 cm³/mol. The van der Waals surface area contributed by atoms with Crippen LogP contribution in [-0.2, 0) is 13.0 Å². The maximum absolute atomic E-state index is 12.4. The molecule has 0 fully saturated rings. The molecule has 0 bridgehead atoms. The molecule has 0 atom stereocenters. The van der Waals surface area contributed by atoms with Crippen LogP contribution in [0.15, 0.2) is 48.5 Å². The topological polar surface area (TPSA) is 59.8 Å². The molecule has 3 aromatic rings. The van der Waals surface area contributed by atoms with Crippen molar-refractivity contribution in [2.75, 3.05) is 5.32 Å². The SMILES string of the molecule is O=C(Nc1ccc(-c2nnc3n2CCCCC3)cc1)c1cccc(I)c1. The Kier molecular flexibility index (Phi) is 5.01. The van der Waals surface area contributed by atoms with Crippen molar-refractivity contribution in [3.05, 3.63) is 63.5 Å². The van der Waals surface area contributed by atoms with Crippen LogP contribution in [0.2, 0.25) is 0 Å². The van der Waals surface area contributed by atoms with E-state index in [-0.39, 0.29) is 5.91 Å². The molecule has 0 aliphatic carbocycles. The Labute approximate surface area is 166 Å². The standard InChI is InChI=1S/C20H19IN4O/c21-16-6-4-5-15(13-16)20(26)22-17-10-8-14(9-11-17)19-24-23-18-7-2-1-3-12-25(18)19/h4-6,8-11,13H,1-3,7,12H2,(H,22,26). The van der Waals surface area contributed by atoms with Gasteiger partial charge in [0.1, 0.15) is 5.82 Å². The maximum atomic E-state index is 12.4. The zero-order chi connectivity index (χ0) is 17.9. The molecule has 6 heteroatoms. The molecule has 2 aromatic carbocycles. The first-order valence-corrected chi connectivity index (χ1v) is 9.88. The average molecular weight is 458 g/mol. The van der Waals surface area contributed by atoms with Crippen LogP contribution in [0.1, 0.15) is 35.4 Å². The van der Waals surface area contributed by atoms with Gasteiger partial charge in [-0.2, -0.15) is 0 Å². The lowest BCUT2D eigenvalue weighted by atomic mass is 10.1. The number of benzene rings is 2. The van der Waals surface area contributed by atoms with Crippen molar-refractivity contribution in [2.45, 2.75) is 32.2 Å². The second-order valence-electron chi connectivity index (χ2n) is 6.44. The summed E-state index contributed by atoms with van der Waals surface area (Å²) in [5.41, 5.74) is 2.45. The molecule has 1 aliphatic heterocycles. The molecule has 0 unspecified atom stereocenters. The number of carbonyl (C=O) groups is 1. The van der Waals surface area contributed by atoms with Crippen molar-refractivity contribution in [3.63, 3.8) is 0 Å². The summed E-state index contributed by atoms with van der Waals surface area (Å²) in [6.45, 7) is 0.975. The van der Waals surface area contributed by atoms with Crippen LogP contribution in [0, 0.1) is 3.57 Å². The van der Waals surface area contributed by atoms with Gasteiger partial charge in [-0.25, -0.2) is 0 Å². The van der Waals surface area contributed by atoms with E-state index in [4.69, 9.17) is 0 Å². The molecule has 1 N–H and O–H groups in total. The molecule has 5 nitrogen and oxygen atoms in total. The molecule has 0 saturated heterocycles. The van der Waals surface area contributed by atoms with Gasteiger partial charge in [-0.15, -0.1) is 10.2 Å². The minimum Gasteiger partial charge on any atom is -0.322 e. The molecule has 1 aliphatic rings. The summed E-state index contributed by atoms with van der Waals surface area (Å²) >= 11 is 2.20. The number of fused-ring (bicyclic) bond motifs is 1. The molecular formula is C20H19IN4O. The summed E-state index contributed by atoms with van der Waals surface area (Å²) in [4.78, 5) is 12.4. The van der Waals surface area contributed by atoms with E-state index in [2.05, 4.69) is 42.7 Å². The molecule has 0 radical (unpaired) electrons. The molecule has 0 saturated carbocycles. The Hall–Kier alpha value is -2.22. The van der Waals surface area contributed by atoms with Gasteiger partial charge in [-0.3, -0.25) is 4.79 Å². The second-order valence-corrected chi connectivity index (χ2v) is 7.69. The minimum atomic E-state index is -0.104. The van der Waals surface area contributed by atoms with Crippen molar-refractivity contribution in [3.8, 4) is 11.4 Å². The van der Waals surface area contributed by atoms with Gasteiger partial charge in [0.05, 0.1) is 0 Å². The highest BCUT2D eigenvalue weighted by Crippen LogP contribution is 2.24. The number of carbonyl (C=O) groups excluding carboxylic acids is 1. The van der Waals surface area contributed by atoms with E-state index in [1.54, 1.807) is 0 Å². The van der Waals surface area contributed by atoms with Crippen LogP contribution in [0.25, 0.3) is 11.4 Å². The summed E-state index contributed by atoms with van der Waals surface area (Å²) in [5.74, 6) is 1.89. The molecule has 2 heterocycles. The third kappa shape index (κ3) is 3.65. The number of hydrogen-bond donors (Lipinski definition) is 1. The number of nitrogens with zero attached hydrogens (tertiary/aromatic N) is 3. The van der Waals surface area contributed by atoms with Crippen molar-refractivity contribution >= 4 is 34.2 Å². The van der Waals surface area contributed by atoms with Gasteiger partial charge < -0.3 is 9.88 Å². The van der Waals surface area contributed by atoms with Gasteiger partial charge in [0.15, 0.2) is 5.82 Å². The van der Waals surface area contributed by atoms with Crippen molar-refractivity contribution in [1.29, 1.82) is 0 Å². The van der Waals surface area contributed by atoms with Crippen LogP contribution in [0.3, 0.4) is 0 Å². The molecule has 26 heavy (non-hydrogen) atoms. The summed E-state index contributed by atoms with van der Waals surface area (Å²) in [7, 11) is 0. The number of rotatable bonds is 3. The first-order chi connectivity index (χ1) is 12.7. The summed E-state index contributed by atoms with van der Waals surface area (Å²) in [6.07, 6.45) is 4.59. The lowest BCUT2D eigenvalue weighted by Gasteiger charge is -2.09. The second kappa shape index (κ2) is 7.57. The summed E-state index contributed by atoms with van der Waals surface area (Å²) in [5, 5.41) is 11.7. The monoisotopic (exact) mass is 458 g/mol. The van der Waals surface area contributed by atoms with E-state index in [9.17, 15) is 4.79 Å². The van der Waals surface area contributed by atoms with E-state index in [0.29, 0.717) is 5.56 Å². The fourth-order valence-corrected chi connectivity index (χ4v) is 3.78. The fourth-order valence-electron chi connectivity index (χ4n) is 3.23. The van der Waals surface area contributed by atoms with E-state index in [0.717, 1.165) is 39.4 Å². The Morgan fingerprint density at radius 3 is 2.69 bits per heavy atom. The summed E-state index contributed by atoms with van der Waals surface area (Å²) in [6, 6.07) is 15.4. The first-order valence-electron chi connectivity index (χ1n) is 8.80. The Morgan fingerprint density at radius 1 is 1.04 bits per heavy atom. The Bertz CT molecular complexity index is 933. The zero-order valence-electron chi connectivity index (χ0n) is 14.3. The van der Waals surface area contributed by atoms with Gasteiger partial charge in [0.2, 0.25) is 0 Å². The van der Waals surface area contributed by atoms with Crippen molar-refractivity contribution in [1.82, 2.24) is 14.8 Å². The van der Waals surface area contributed by atoms with Gasteiger partial charge in [0.25, 0.3) is 5.91 Å². The largest absolute Gasteiger partial charge is 0.322 e. The van der Waals surface area contributed by atoms with Crippen LogP contribution in [-0.4, -0.2) is 20.7 Å². The third-order valence-electron chi connectivity index (χ3n) is 4.60. The molecule has 1 amide bonds. The number of nitrogens with one attached hydrogen (secondary N) is 1. The van der Waals surface area contributed by atoms with Crippen molar-refractivity contribution < 1.29 is 4.79 Å². The fraction of sp³-hybridized carbons (Fsp3) is 0.250.